The second-order valence-electron chi connectivity index (χ2n) is 1.51. The summed E-state index contributed by atoms with van der Waals surface area (Å²) in [7, 11) is 0. The number of carboxylic acid groups (broad SMARTS) is 2. The maximum atomic E-state index is 9.65. The van der Waals surface area contributed by atoms with Gasteiger partial charge in [0.25, 0.3) is 0 Å². The van der Waals surface area contributed by atoms with Crippen LogP contribution in [0.3, 0.4) is 0 Å². The highest BCUT2D eigenvalue weighted by molar-refractivity contribution is 9.10. The Balaban J connectivity index is 0. The molecule has 0 aromatic rings. The van der Waals surface area contributed by atoms with Crippen LogP contribution in [0.4, 0.5) is 0 Å². The standard InChI is InChI=1S/C3H5BrO2.C2H4O3/c1-2(4)3(5)6;3-1-2(4)5/h2H,1H3,(H,5,6);3H,1H2,(H,4,5). The number of aliphatic hydroxyl groups is 1. The molecule has 5 nitrogen and oxygen atoms in total. The lowest BCUT2D eigenvalue weighted by Gasteiger charge is -1.87. The highest BCUT2D eigenvalue weighted by atomic mass is 79.9. The quantitative estimate of drug-likeness (QED) is 0.575. The molecular formula is C5H9BrO5. The Bertz CT molecular complexity index is 133. The molecule has 0 aromatic heterocycles. The van der Waals surface area contributed by atoms with E-state index in [4.69, 9.17) is 20.1 Å². The van der Waals surface area contributed by atoms with E-state index in [9.17, 15) is 4.79 Å². The molecule has 0 fully saturated rings. The van der Waals surface area contributed by atoms with Crippen molar-refractivity contribution in [2.75, 3.05) is 6.61 Å². The SMILES string of the molecule is CC(Br)C(=O)O.O=C(O)CO. The van der Waals surface area contributed by atoms with Crippen LogP contribution in [0, 0.1) is 0 Å². The van der Waals surface area contributed by atoms with E-state index < -0.39 is 23.4 Å². The molecule has 0 heterocycles. The summed E-state index contributed by atoms with van der Waals surface area (Å²) in [4.78, 5) is 18.4. The molecule has 0 amide bonds. The zero-order chi connectivity index (χ0) is 9.44. The Labute approximate surface area is 71.8 Å². The third-order valence-electron chi connectivity index (χ3n) is 0.476. The molecule has 6 heteroatoms. The summed E-state index contributed by atoms with van der Waals surface area (Å²) in [6, 6.07) is 0. The van der Waals surface area contributed by atoms with Crippen molar-refractivity contribution in [3.8, 4) is 0 Å². The van der Waals surface area contributed by atoms with Gasteiger partial charge in [-0.25, -0.2) is 4.79 Å². The zero-order valence-electron chi connectivity index (χ0n) is 5.82. The molecule has 3 N–H and O–H groups in total. The van der Waals surface area contributed by atoms with Crippen molar-refractivity contribution in [1.29, 1.82) is 0 Å². The zero-order valence-corrected chi connectivity index (χ0v) is 7.41. The normalized spacial score (nSPS) is 10.8. The first-order chi connectivity index (χ1) is 4.91. The first-order valence-corrected chi connectivity index (χ1v) is 3.53. The number of halogens is 1. The van der Waals surface area contributed by atoms with Gasteiger partial charge in [-0.1, -0.05) is 15.9 Å². The molecule has 0 radical (unpaired) electrons. The number of hydrogen-bond acceptors (Lipinski definition) is 3. The summed E-state index contributed by atoms with van der Waals surface area (Å²) in [6.45, 7) is 0.780. The number of carbonyl (C=O) groups is 2. The van der Waals surface area contributed by atoms with Crippen LogP contribution >= 0.6 is 15.9 Å². The first kappa shape index (κ1) is 13.0. The molecule has 0 aliphatic rings. The molecule has 0 spiro atoms. The predicted molar refractivity (Wildman–Crippen MR) is 40.7 cm³/mol. The van der Waals surface area contributed by atoms with Crippen LogP contribution < -0.4 is 0 Å². The minimum Gasteiger partial charge on any atom is -0.480 e. The molecule has 1 unspecified atom stereocenters. The van der Waals surface area contributed by atoms with E-state index in [0.29, 0.717) is 0 Å². The molecule has 0 aromatic carbocycles. The van der Waals surface area contributed by atoms with Crippen molar-refractivity contribution in [3.63, 3.8) is 0 Å². The van der Waals surface area contributed by atoms with Crippen molar-refractivity contribution < 1.29 is 24.9 Å². The molecule has 1 atom stereocenters. The van der Waals surface area contributed by atoms with Crippen molar-refractivity contribution in [3.05, 3.63) is 0 Å². The van der Waals surface area contributed by atoms with E-state index in [-0.39, 0.29) is 0 Å². The van der Waals surface area contributed by atoms with Gasteiger partial charge < -0.3 is 15.3 Å². The minimum atomic E-state index is -1.19. The lowest BCUT2D eigenvalue weighted by Crippen LogP contribution is -2.06. The molecule has 0 rings (SSSR count). The highest BCUT2D eigenvalue weighted by Gasteiger charge is 2.01. The third-order valence-corrected chi connectivity index (χ3v) is 0.867. The number of hydrogen-bond donors (Lipinski definition) is 3. The van der Waals surface area contributed by atoms with Gasteiger partial charge in [-0.05, 0) is 6.92 Å². The van der Waals surface area contributed by atoms with Gasteiger partial charge >= 0.3 is 11.9 Å². The van der Waals surface area contributed by atoms with Crippen molar-refractivity contribution in [1.82, 2.24) is 0 Å². The number of alkyl halides is 1. The summed E-state index contributed by atoms with van der Waals surface area (Å²) in [5.41, 5.74) is 0. The maximum Gasteiger partial charge on any atom is 0.329 e. The van der Waals surface area contributed by atoms with Gasteiger partial charge in [0.15, 0.2) is 0 Å². The van der Waals surface area contributed by atoms with Gasteiger partial charge in [-0.15, -0.1) is 0 Å². The number of aliphatic carboxylic acids is 2. The summed E-state index contributed by atoms with van der Waals surface area (Å²) in [6.07, 6.45) is 0. The fourth-order valence-corrected chi connectivity index (χ4v) is 0. The largest absolute Gasteiger partial charge is 0.480 e. The van der Waals surface area contributed by atoms with E-state index in [1.54, 1.807) is 6.92 Å². The Hall–Kier alpha value is -0.620. The van der Waals surface area contributed by atoms with Crippen LogP contribution in [0.5, 0.6) is 0 Å². The third kappa shape index (κ3) is 17.7. The van der Waals surface area contributed by atoms with Gasteiger partial charge in [0.05, 0.1) is 0 Å². The molecule has 66 valence electrons. The molecular weight excluding hydrogens is 220 g/mol. The van der Waals surface area contributed by atoms with Crippen molar-refractivity contribution >= 4 is 27.9 Å². The van der Waals surface area contributed by atoms with Crippen LogP contribution in [-0.4, -0.2) is 38.7 Å². The van der Waals surface area contributed by atoms with Gasteiger partial charge in [0.2, 0.25) is 0 Å². The monoisotopic (exact) mass is 228 g/mol. The van der Waals surface area contributed by atoms with E-state index in [0.717, 1.165) is 0 Å². The number of aliphatic hydroxyl groups excluding tert-OH is 1. The van der Waals surface area contributed by atoms with Crippen molar-refractivity contribution in [2.45, 2.75) is 11.8 Å². The summed E-state index contributed by atoms with van der Waals surface area (Å²) in [5.74, 6) is -2.01. The first-order valence-electron chi connectivity index (χ1n) is 2.61. The molecule has 0 aliphatic carbocycles. The van der Waals surface area contributed by atoms with Crippen molar-refractivity contribution in [2.24, 2.45) is 0 Å². The molecule has 0 saturated carbocycles. The lowest BCUT2D eigenvalue weighted by atomic mass is 10.5. The Kier molecular flexibility index (Phi) is 8.85. The second-order valence-corrected chi connectivity index (χ2v) is 2.88. The van der Waals surface area contributed by atoms with E-state index in [1.165, 1.54) is 0 Å². The van der Waals surface area contributed by atoms with Gasteiger partial charge in [-0.3, -0.25) is 4.79 Å². The molecule has 0 bridgehead atoms. The smallest absolute Gasteiger partial charge is 0.329 e. The average molecular weight is 229 g/mol. The number of rotatable bonds is 2. The molecule has 0 saturated heterocycles. The minimum absolute atomic E-state index is 0.419. The Morgan fingerprint density at radius 1 is 1.45 bits per heavy atom. The predicted octanol–water partition coefficient (Wildman–Crippen LogP) is -0.0823. The summed E-state index contributed by atoms with van der Waals surface area (Å²) >= 11 is 2.84. The average Bonchev–Trinajstić information content (AvgIpc) is 1.89. The van der Waals surface area contributed by atoms with Gasteiger partial charge in [0.1, 0.15) is 11.4 Å². The summed E-state index contributed by atoms with van der Waals surface area (Å²) < 4.78 is 0. The van der Waals surface area contributed by atoms with E-state index in [1.807, 2.05) is 0 Å². The maximum absolute atomic E-state index is 9.65. The molecule has 0 aliphatic heterocycles. The van der Waals surface area contributed by atoms with E-state index >= 15 is 0 Å². The van der Waals surface area contributed by atoms with Gasteiger partial charge in [-0.2, -0.15) is 0 Å². The van der Waals surface area contributed by atoms with Crippen LogP contribution in [0.15, 0.2) is 0 Å². The topological polar surface area (TPSA) is 94.8 Å². The number of carboxylic acids is 2. The molecule has 11 heavy (non-hydrogen) atoms. The summed E-state index contributed by atoms with van der Waals surface area (Å²) in [5, 5.41) is 23.0. The van der Waals surface area contributed by atoms with E-state index in [2.05, 4.69) is 15.9 Å². The second kappa shape index (κ2) is 7.49. The highest BCUT2D eigenvalue weighted by Crippen LogP contribution is 1.93. The lowest BCUT2D eigenvalue weighted by molar-refractivity contribution is -0.140. The van der Waals surface area contributed by atoms with Gasteiger partial charge in [0, 0.05) is 0 Å². The van der Waals surface area contributed by atoms with Crippen LogP contribution in [0.1, 0.15) is 6.92 Å². The fraction of sp³-hybridized carbons (Fsp3) is 0.600. The Morgan fingerprint density at radius 3 is 1.64 bits per heavy atom. The van der Waals surface area contributed by atoms with Crippen LogP contribution in [0.25, 0.3) is 0 Å². The Morgan fingerprint density at radius 2 is 1.64 bits per heavy atom. The van der Waals surface area contributed by atoms with Crippen LogP contribution in [-0.2, 0) is 9.59 Å². The van der Waals surface area contributed by atoms with Crippen LogP contribution in [0.2, 0.25) is 0 Å². The fourth-order valence-electron chi connectivity index (χ4n) is 0.